The predicted octanol–water partition coefficient (Wildman–Crippen LogP) is -3.73. The van der Waals surface area contributed by atoms with Crippen molar-refractivity contribution in [1.29, 1.82) is 0 Å². The molecule has 0 aliphatic heterocycles. The van der Waals surface area contributed by atoms with Crippen LogP contribution >= 0.6 is 12.6 Å². The summed E-state index contributed by atoms with van der Waals surface area (Å²) in [7, 11) is 0. The molecule has 0 aromatic heterocycles. The Morgan fingerprint density at radius 1 is 0.962 bits per heavy atom. The van der Waals surface area contributed by atoms with Gasteiger partial charge in [0.15, 0.2) is 0 Å². The summed E-state index contributed by atoms with van der Waals surface area (Å²) in [4.78, 5) is 56.9. The van der Waals surface area contributed by atoms with Crippen LogP contribution in [0.2, 0.25) is 0 Å². The molecule has 0 fully saturated rings. The van der Waals surface area contributed by atoms with Crippen LogP contribution in [0, 0.1) is 0 Å². The summed E-state index contributed by atoms with van der Waals surface area (Å²) >= 11 is 3.78. The molecular weight excluding hydrogens is 372 g/mol. The van der Waals surface area contributed by atoms with Gasteiger partial charge >= 0.3 is 11.9 Å². The van der Waals surface area contributed by atoms with Crippen molar-refractivity contribution in [3.05, 3.63) is 0 Å². The first-order chi connectivity index (χ1) is 12.0. The van der Waals surface area contributed by atoms with E-state index in [1.807, 2.05) is 0 Å². The van der Waals surface area contributed by atoms with Crippen molar-refractivity contribution in [3.8, 4) is 0 Å². The molecule has 4 atom stereocenters. The molecule has 12 nitrogen and oxygen atoms in total. The number of nitrogens with two attached hydrogens (primary N) is 1. The molecule has 26 heavy (non-hydrogen) atoms. The average molecular weight is 394 g/mol. The van der Waals surface area contributed by atoms with E-state index >= 15 is 0 Å². The maximum absolute atomic E-state index is 12.0. The molecule has 0 saturated carbocycles. The normalized spacial score (nSPS) is 15.1. The summed E-state index contributed by atoms with van der Waals surface area (Å²) in [6.07, 6.45) is -0.676. The third-order valence-corrected chi connectivity index (χ3v) is 3.46. The summed E-state index contributed by atoms with van der Waals surface area (Å²) in [5, 5.41) is 33.0. The fraction of sp³-hybridized carbons (Fsp3) is 0.615. The minimum absolute atomic E-state index is 0.168. The molecule has 0 rings (SSSR count). The number of hydrogen-bond donors (Lipinski definition) is 8. The number of amides is 3. The second-order valence-electron chi connectivity index (χ2n) is 5.26. The highest BCUT2D eigenvalue weighted by atomic mass is 32.1. The molecular formula is C13H22N4O8S. The zero-order valence-electron chi connectivity index (χ0n) is 13.8. The fourth-order valence-electron chi connectivity index (χ4n) is 1.62. The Morgan fingerprint density at radius 2 is 1.50 bits per heavy atom. The zero-order valence-corrected chi connectivity index (χ0v) is 14.7. The van der Waals surface area contributed by atoms with E-state index in [1.54, 1.807) is 0 Å². The summed E-state index contributed by atoms with van der Waals surface area (Å²) in [5.41, 5.74) is 5.34. The van der Waals surface area contributed by atoms with Crippen molar-refractivity contribution in [2.24, 2.45) is 5.73 Å². The molecule has 0 saturated heterocycles. The standard InChI is InChI=1S/C13H22N4O8S/c1-5(10(21)17-8(4-26)13(24)25)15-12(23)7(3-18)16-11(22)6(14)2-9(19)20/h5-8,18,26H,2-4,14H2,1H3,(H,15,23)(H,16,22)(H,17,21)(H,19,20)(H,24,25). The third kappa shape index (κ3) is 8.13. The first-order valence-electron chi connectivity index (χ1n) is 7.36. The SMILES string of the molecule is CC(NC(=O)C(CO)NC(=O)C(N)CC(=O)O)C(=O)NC(CS)C(=O)O. The van der Waals surface area contributed by atoms with E-state index in [0.29, 0.717) is 0 Å². The lowest BCUT2D eigenvalue weighted by molar-refractivity contribution is -0.141. The number of carboxylic acids is 2. The Bertz CT molecular complexity index is 558. The van der Waals surface area contributed by atoms with Crippen LogP contribution < -0.4 is 21.7 Å². The Kier molecular flexibility index (Phi) is 10.2. The highest BCUT2D eigenvalue weighted by molar-refractivity contribution is 7.80. The van der Waals surface area contributed by atoms with Crippen molar-refractivity contribution >= 4 is 42.3 Å². The van der Waals surface area contributed by atoms with Gasteiger partial charge in [0.05, 0.1) is 19.1 Å². The maximum Gasteiger partial charge on any atom is 0.327 e. The Labute approximate surface area is 153 Å². The molecule has 0 aliphatic rings. The van der Waals surface area contributed by atoms with Crippen molar-refractivity contribution in [1.82, 2.24) is 16.0 Å². The number of carbonyl (C=O) groups is 5. The molecule has 0 heterocycles. The minimum atomic E-state index is -1.47. The van der Waals surface area contributed by atoms with E-state index in [4.69, 9.17) is 15.9 Å². The zero-order chi connectivity index (χ0) is 20.4. The second kappa shape index (κ2) is 11.3. The largest absolute Gasteiger partial charge is 0.481 e. The molecule has 4 unspecified atom stereocenters. The van der Waals surface area contributed by atoms with Gasteiger partial charge in [-0.15, -0.1) is 0 Å². The maximum atomic E-state index is 12.0. The van der Waals surface area contributed by atoms with Crippen molar-refractivity contribution < 1.29 is 39.3 Å². The average Bonchev–Trinajstić information content (AvgIpc) is 2.55. The van der Waals surface area contributed by atoms with Crippen molar-refractivity contribution in [2.45, 2.75) is 37.5 Å². The summed E-state index contributed by atoms with van der Waals surface area (Å²) in [6.45, 7) is 0.428. The summed E-state index contributed by atoms with van der Waals surface area (Å²) in [5.74, 6) is -5.52. The highest BCUT2D eigenvalue weighted by Crippen LogP contribution is 1.95. The van der Waals surface area contributed by atoms with Gasteiger partial charge in [-0.25, -0.2) is 4.79 Å². The molecule has 0 radical (unpaired) electrons. The summed E-state index contributed by atoms with van der Waals surface area (Å²) < 4.78 is 0. The molecule has 148 valence electrons. The van der Waals surface area contributed by atoms with Gasteiger partial charge in [-0.05, 0) is 6.92 Å². The number of carboxylic acid groups (broad SMARTS) is 2. The topological polar surface area (TPSA) is 208 Å². The number of thiol groups is 1. The molecule has 13 heteroatoms. The highest BCUT2D eigenvalue weighted by Gasteiger charge is 2.28. The fourth-order valence-corrected chi connectivity index (χ4v) is 1.86. The Morgan fingerprint density at radius 3 is 1.92 bits per heavy atom. The van der Waals surface area contributed by atoms with Gasteiger partial charge in [-0.1, -0.05) is 0 Å². The lowest BCUT2D eigenvalue weighted by Crippen LogP contribution is -2.57. The third-order valence-electron chi connectivity index (χ3n) is 3.10. The van der Waals surface area contributed by atoms with Gasteiger partial charge in [-0.3, -0.25) is 19.2 Å². The lowest BCUT2D eigenvalue weighted by atomic mass is 10.1. The van der Waals surface area contributed by atoms with Crippen LogP contribution in [0.15, 0.2) is 0 Å². The second-order valence-corrected chi connectivity index (χ2v) is 5.63. The molecule has 0 bridgehead atoms. The predicted molar refractivity (Wildman–Crippen MR) is 90.3 cm³/mol. The number of aliphatic hydroxyl groups excluding tert-OH is 1. The van der Waals surface area contributed by atoms with Crippen LogP contribution in [-0.2, 0) is 24.0 Å². The summed E-state index contributed by atoms with van der Waals surface area (Å²) in [6, 6.07) is -5.34. The van der Waals surface area contributed by atoms with Crippen molar-refractivity contribution in [3.63, 3.8) is 0 Å². The quantitative estimate of drug-likeness (QED) is 0.162. The molecule has 8 N–H and O–H groups in total. The molecule has 3 amide bonds. The molecule has 0 aromatic carbocycles. The first kappa shape index (κ1) is 23.6. The number of rotatable bonds is 11. The van der Waals surface area contributed by atoms with Gasteiger partial charge in [0, 0.05) is 5.75 Å². The van der Waals surface area contributed by atoms with Crippen LogP contribution in [0.3, 0.4) is 0 Å². The first-order valence-corrected chi connectivity index (χ1v) is 7.99. The molecule has 0 aliphatic carbocycles. The lowest BCUT2D eigenvalue weighted by Gasteiger charge is -2.21. The van der Waals surface area contributed by atoms with Crippen LogP contribution in [0.1, 0.15) is 13.3 Å². The number of aliphatic hydroxyl groups is 1. The van der Waals surface area contributed by atoms with E-state index in [9.17, 15) is 29.1 Å². The van der Waals surface area contributed by atoms with Gasteiger partial charge in [0.25, 0.3) is 0 Å². The number of aliphatic carboxylic acids is 2. The van der Waals surface area contributed by atoms with Gasteiger partial charge in [-0.2, -0.15) is 12.6 Å². The molecule has 0 aromatic rings. The van der Waals surface area contributed by atoms with E-state index in [-0.39, 0.29) is 5.75 Å². The van der Waals surface area contributed by atoms with Crippen LogP contribution in [0.5, 0.6) is 0 Å². The Hall–Kier alpha value is -2.38. The van der Waals surface area contributed by atoms with Gasteiger partial charge < -0.3 is 37.0 Å². The number of hydrogen-bond acceptors (Lipinski definition) is 8. The van der Waals surface area contributed by atoms with Gasteiger partial charge in [0.1, 0.15) is 18.1 Å². The Balaban J connectivity index is 4.73. The van der Waals surface area contributed by atoms with E-state index in [0.717, 1.165) is 0 Å². The van der Waals surface area contributed by atoms with Crippen molar-refractivity contribution in [2.75, 3.05) is 12.4 Å². The van der Waals surface area contributed by atoms with Crippen LogP contribution in [0.25, 0.3) is 0 Å². The van der Waals surface area contributed by atoms with Gasteiger partial charge in [0.2, 0.25) is 17.7 Å². The van der Waals surface area contributed by atoms with Crippen LogP contribution in [0.4, 0.5) is 0 Å². The minimum Gasteiger partial charge on any atom is -0.481 e. The molecule has 0 spiro atoms. The smallest absolute Gasteiger partial charge is 0.327 e. The van der Waals surface area contributed by atoms with E-state index < -0.39 is 66.9 Å². The van der Waals surface area contributed by atoms with Crippen LogP contribution in [-0.4, -0.2) is 81.5 Å². The van der Waals surface area contributed by atoms with E-state index in [2.05, 4.69) is 28.6 Å². The van der Waals surface area contributed by atoms with E-state index in [1.165, 1.54) is 6.92 Å². The number of carbonyl (C=O) groups excluding carboxylic acids is 3. The monoisotopic (exact) mass is 394 g/mol. The number of nitrogens with one attached hydrogen (secondary N) is 3.